The standard InChI is InChI=1S/C12H12BrNO/c1-8(2)14-7-6-9-10(12(14)15)4-3-5-11(9)13/h3-8H,1-2H3. The van der Waals surface area contributed by atoms with Crippen LogP contribution in [0.25, 0.3) is 10.8 Å². The highest BCUT2D eigenvalue weighted by Crippen LogP contribution is 2.21. The third-order valence-electron chi connectivity index (χ3n) is 2.48. The van der Waals surface area contributed by atoms with E-state index in [0.717, 1.165) is 15.2 Å². The van der Waals surface area contributed by atoms with Gasteiger partial charge in [0, 0.05) is 27.5 Å². The van der Waals surface area contributed by atoms with Crippen LogP contribution in [-0.2, 0) is 0 Å². The molecule has 0 saturated heterocycles. The average molecular weight is 266 g/mol. The fourth-order valence-corrected chi connectivity index (χ4v) is 2.16. The Morgan fingerprint density at radius 1 is 1.20 bits per heavy atom. The molecule has 2 aromatic rings. The summed E-state index contributed by atoms with van der Waals surface area (Å²) in [5.41, 5.74) is 0.0730. The molecule has 0 spiro atoms. The van der Waals surface area contributed by atoms with Gasteiger partial charge < -0.3 is 4.57 Å². The minimum Gasteiger partial charge on any atom is -0.312 e. The Kier molecular flexibility index (Phi) is 2.65. The largest absolute Gasteiger partial charge is 0.312 e. The van der Waals surface area contributed by atoms with Gasteiger partial charge in [-0.1, -0.05) is 22.0 Å². The van der Waals surface area contributed by atoms with Crippen LogP contribution in [0.15, 0.2) is 39.7 Å². The normalized spacial score (nSPS) is 11.2. The Morgan fingerprint density at radius 3 is 2.60 bits per heavy atom. The number of rotatable bonds is 1. The lowest BCUT2D eigenvalue weighted by Crippen LogP contribution is -2.21. The molecule has 0 aliphatic rings. The van der Waals surface area contributed by atoms with Crippen LogP contribution in [0.1, 0.15) is 19.9 Å². The number of hydrogen-bond donors (Lipinski definition) is 0. The number of hydrogen-bond acceptors (Lipinski definition) is 1. The fraction of sp³-hybridized carbons (Fsp3) is 0.250. The van der Waals surface area contributed by atoms with Gasteiger partial charge in [0.2, 0.25) is 0 Å². The van der Waals surface area contributed by atoms with Crippen molar-refractivity contribution in [2.24, 2.45) is 0 Å². The quantitative estimate of drug-likeness (QED) is 0.775. The molecule has 0 saturated carbocycles. The molecule has 15 heavy (non-hydrogen) atoms. The molecular weight excluding hydrogens is 254 g/mol. The molecule has 0 unspecified atom stereocenters. The molecule has 0 atom stereocenters. The molecule has 0 aliphatic carbocycles. The van der Waals surface area contributed by atoms with Crippen LogP contribution in [0, 0.1) is 0 Å². The minimum absolute atomic E-state index is 0.0730. The van der Waals surface area contributed by atoms with Crippen molar-refractivity contribution >= 4 is 26.7 Å². The summed E-state index contributed by atoms with van der Waals surface area (Å²) in [4.78, 5) is 12.1. The molecule has 2 rings (SSSR count). The predicted octanol–water partition coefficient (Wildman–Crippen LogP) is 3.34. The van der Waals surface area contributed by atoms with Crippen LogP contribution in [0.3, 0.4) is 0 Å². The minimum atomic E-state index is 0.0730. The molecule has 1 heterocycles. The summed E-state index contributed by atoms with van der Waals surface area (Å²) >= 11 is 3.44. The second kappa shape index (κ2) is 3.81. The maximum atomic E-state index is 12.1. The van der Waals surface area contributed by atoms with Crippen molar-refractivity contribution in [3.05, 3.63) is 45.3 Å². The van der Waals surface area contributed by atoms with Crippen LogP contribution >= 0.6 is 15.9 Å². The maximum absolute atomic E-state index is 12.1. The smallest absolute Gasteiger partial charge is 0.258 e. The zero-order chi connectivity index (χ0) is 11.0. The summed E-state index contributed by atoms with van der Waals surface area (Å²) in [6.07, 6.45) is 1.85. The molecule has 3 heteroatoms. The van der Waals surface area contributed by atoms with Gasteiger partial charge in [-0.05, 0) is 32.0 Å². The Morgan fingerprint density at radius 2 is 1.93 bits per heavy atom. The first-order chi connectivity index (χ1) is 7.11. The number of halogens is 1. The van der Waals surface area contributed by atoms with Gasteiger partial charge >= 0.3 is 0 Å². The third-order valence-corrected chi connectivity index (χ3v) is 3.17. The van der Waals surface area contributed by atoms with Gasteiger partial charge in [0.05, 0.1) is 0 Å². The highest BCUT2D eigenvalue weighted by Gasteiger charge is 2.06. The molecule has 0 fully saturated rings. The van der Waals surface area contributed by atoms with Gasteiger partial charge in [-0.15, -0.1) is 0 Å². The zero-order valence-corrected chi connectivity index (χ0v) is 10.3. The van der Waals surface area contributed by atoms with Crippen LogP contribution in [-0.4, -0.2) is 4.57 Å². The second-order valence-electron chi connectivity index (χ2n) is 3.82. The van der Waals surface area contributed by atoms with E-state index < -0.39 is 0 Å². The lowest BCUT2D eigenvalue weighted by molar-refractivity contribution is 0.582. The number of pyridine rings is 1. The van der Waals surface area contributed by atoms with E-state index in [0.29, 0.717) is 0 Å². The highest BCUT2D eigenvalue weighted by molar-refractivity contribution is 9.10. The molecular formula is C12H12BrNO. The molecule has 1 aromatic carbocycles. The first-order valence-electron chi connectivity index (χ1n) is 4.90. The van der Waals surface area contributed by atoms with Gasteiger partial charge in [0.1, 0.15) is 0 Å². The predicted molar refractivity (Wildman–Crippen MR) is 66.3 cm³/mol. The van der Waals surface area contributed by atoms with E-state index in [2.05, 4.69) is 15.9 Å². The molecule has 0 radical (unpaired) electrons. The van der Waals surface area contributed by atoms with Crippen molar-refractivity contribution in [3.8, 4) is 0 Å². The molecule has 0 bridgehead atoms. The molecule has 0 N–H and O–H groups in total. The highest BCUT2D eigenvalue weighted by atomic mass is 79.9. The van der Waals surface area contributed by atoms with E-state index in [1.165, 1.54) is 0 Å². The van der Waals surface area contributed by atoms with Crippen molar-refractivity contribution in [3.63, 3.8) is 0 Å². The first kappa shape index (κ1) is 10.4. The van der Waals surface area contributed by atoms with E-state index in [1.54, 1.807) is 4.57 Å². The second-order valence-corrected chi connectivity index (χ2v) is 4.68. The summed E-state index contributed by atoms with van der Waals surface area (Å²) in [7, 11) is 0. The summed E-state index contributed by atoms with van der Waals surface area (Å²) in [5, 5.41) is 1.74. The molecule has 2 nitrogen and oxygen atoms in total. The first-order valence-corrected chi connectivity index (χ1v) is 5.70. The van der Waals surface area contributed by atoms with E-state index in [-0.39, 0.29) is 11.6 Å². The van der Waals surface area contributed by atoms with Crippen LogP contribution in [0.5, 0.6) is 0 Å². The van der Waals surface area contributed by atoms with Crippen molar-refractivity contribution in [1.82, 2.24) is 4.57 Å². The van der Waals surface area contributed by atoms with Crippen molar-refractivity contribution in [2.45, 2.75) is 19.9 Å². The van der Waals surface area contributed by atoms with Gasteiger partial charge in [-0.3, -0.25) is 4.79 Å². The van der Waals surface area contributed by atoms with Gasteiger partial charge in [0.25, 0.3) is 5.56 Å². The van der Waals surface area contributed by atoms with Crippen LogP contribution in [0.2, 0.25) is 0 Å². The van der Waals surface area contributed by atoms with E-state index in [4.69, 9.17) is 0 Å². The summed E-state index contributed by atoms with van der Waals surface area (Å²) in [6.45, 7) is 4.01. The van der Waals surface area contributed by atoms with Crippen LogP contribution < -0.4 is 5.56 Å². The lowest BCUT2D eigenvalue weighted by Gasteiger charge is -2.10. The topological polar surface area (TPSA) is 22.0 Å². The summed E-state index contributed by atoms with van der Waals surface area (Å²) in [5.74, 6) is 0. The maximum Gasteiger partial charge on any atom is 0.258 e. The Hall–Kier alpha value is -1.09. The lowest BCUT2D eigenvalue weighted by atomic mass is 10.1. The Bertz CT molecular complexity index is 557. The Labute approximate surface area is 96.7 Å². The number of fused-ring (bicyclic) bond motifs is 1. The SMILES string of the molecule is CC(C)n1ccc2c(Br)cccc2c1=O. The number of aromatic nitrogens is 1. The third kappa shape index (κ3) is 1.72. The summed E-state index contributed by atoms with van der Waals surface area (Å²) in [6, 6.07) is 7.86. The average Bonchev–Trinajstić information content (AvgIpc) is 2.19. The van der Waals surface area contributed by atoms with Crippen molar-refractivity contribution in [1.29, 1.82) is 0 Å². The van der Waals surface area contributed by atoms with Gasteiger partial charge in [-0.2, -0.15) is 0 Å². The van der Waals surface area contributed by atoms with E-state index >= 15 is 0 Å². The van der Waals surface area contributed by atoms with E-state index in [1.807, 2.05) is 44.3 Å². The number of benzene rings is 1. The summed E-state index contributed by atoms with van der Waals surface area (Å²) < 4.78 is 2.71. The van der Waals surface area contributed by atoms with Gasteiger partial charge in [-0.25, -0.2) is 0 Å². The Balaban J connectivity index is 2.86. The zero-order valence-electron chi connectivity index (χ0n) is 8.70. The van der Waals surface area contributed by atoms with Crippen molar-refractivity contribution in [2.75, 3.05) is 0 Å². The number of nitrogens with zero attached hydrogens (tertiary/aromatic N) is 1. The van der Waals surface area contributed by atoms with E-state index in [9.17, 15) is 4.79 Å². The molecule has 78 valence electrons. The molecule has 0 aliphatic heterocycles. The monoisotopic (exact) mass is 265 g/mol. The van der Waals surface area contributed by atoms with Crippen molar-refractivity contribution < 1.29 is 0 Å². The molecule has 1 aromatic heterocycles. The molecule has 0 amide bonds. The van der Waals surface area contributed by atoms with Crippen LogP contribution in [0.4, 0.5) is 0 Å². The van der Waals surface area contributed by atoms with Gasteiger partial charge in [0.15, 0.2) is 0 Å². The fourth-order valence-electron chi connectivity index (χ4n) is 1.66.